The van der Waals surface area contributed by atoms with Crippen molar-refractivity contribution in [2.75, 3.05) is 30.4 Å². The van der Waals surface area contributed by atoms with Gasteiger partial charge in [0.15, 0.2) is 5.82 Å². The zero-order valence-electron chi connectivity index (χ0n) is 16.5. The van der Waals surface area contributed by atoms with Gasteiger partial charge in [0.05, 0.1) is 6.04 Å². The van der Waals surface area contributed by atoms with Gasteiger partial charge in [0, 0.05) is 31.0 Å². The first-order valence-corrected chi connectivity index (χ1v) is 9.54. The summed E-state index contributed by atoms with van der Waals surface area (Å²) in [5.74, 6) is 0.735. The van der Waals surface area contributed by atoms with Crippen molar-refractivity contribution in [1.29, 1.82) is 0 Å². The van der Waals surface area contributed by atoms with Crippen LogP contribution in [0.3, 0.4) is 0 Å². The zero-order valence-corrected chi connectivity index (χ0v) is 16.5. The molecule has 29 heavy (non-hydrogen) atoms. The number of benzene rings is 1. The van der Waals surface area contributed by atoms with Crippen molar-refractivity contribution in [3.63, 3.8) is 0 Å². The number of anilines is 2. The predicted octanol–water partition coefficient (Wildman–Crippen LogP) is 3.01. The van der Waals surface area contributed by atoms with Gasteiger partial charge in [-0.2, -0.15) is 13.9 Å². The van der Waals surface area contributed by atoms with Crippen LogP contribution >= 0.6 is 0 Å². The zero-order chi connectivity index (χ0) is 20.8. The first-order valence-electron chi connectivity index (χ1n) is 9.54. The SMILES string of the molecule is CC(C(=O)Nc1ccc(OC(F)F)cc1)N(C)CC1CCCN1c1cccnn1. The van der Waals surface area contributed by atoms with Gasteiger partial charge in [-0.05, 0) is 63.2 Å². The monoisotopic (exact) mass is 405 g/mol. The average molecular weight is 405 g/mol. The third-order valence-corrected chi connectivity index (χ3v) is 5.12. The molecule has 1 aromatic heterocycles. The van der Waals surface area contributed by atoms with Gasteiger partial charge in [-0.1, -0.05) is 0 Å². The van der Waals surface area contributed by atoms with Crippen LogP contribution in [0.15, 0.2) is 42.6 Å². The van der Waals surface area contributed by atoms with E-state index in [4.69, 9.17) is 0 Å². The van der Waals surface area contributed by atoms with E-state index < -0.39 is 6.61 Å². The molecule has 0 saturated carbocycles. The van der Waals surface area contributed by atoms with Gasteiger partial charge in [0.2, 0.25) is 5.91 Å². The molecule has 0 spiro atoms. The second-order valence-corrected chi connectivity index (χ2v) is 7.08. The first kappa shape index (κ1) is 20.9. The summed E-state index contributed by atoms with van der Waals surface area (Å²) in [7, 11) is 1.91. The fraction of sp³-hybridized carbons (Fsp3) is 0.450. The highest BCUT2D eigenvalue weighted by Crippen LogP contribution is 2.24. The summed E-state index contributed by atoms with van der Waals surface area (Å²) in [4.78, 5) is 16.8. The Balaban J connectivity index is 1.55. The number of aromatic nitrogens is 2. The number of halogens is 2. The van der Waals surface area contributed by atoms with Crippen molar-refractivity contribution in [3.05, 3.63) is 42.6 Å². The van der Waals surface area contributed by atoms with Crippen LogP contribution in [0.1, 0.15) is 19.8 Å². The van der Waals surface area contributed by atoms with Gasteiger partial charge in [0.1, 0.15) is 5.75 Å². The molecule has 1 aliphatic heterocycles. The molecule has 1 saturated heterocycles. The number of carbonyl (C=O) groups is 1. The number of likely N-dealkylation sites (N-methyl/N-ethyl adjacent to an activating group) is 1. The molecule has 1 amide bonds. The highest BCUT2D eigenvalue weighted by Gasteiger charge is 2.29. The fourth-order valence-electron chi connectivity index (χ4n) is 3.43. The van der Waals surface area contributed by atoms with E-state index in [1.165, 1.54) is 24.3 Å². The van der Waals surface area contributed by atoms with Crippen LogP contribution in [0.4, 0.5) is 20.3 Å². The van der Waals surface area contributed by atoms with Crippen LogP contribution in [-0.4, -0.2) is 59.8 Å². The lowest BCUT2D eigenvalue weighted by atomic mass is 10.1. The van der Waals surface area contributed by atoms with Crippen LogP contribution in [0.5, 0.6) is 5.75 Å². The lowest BCUT2D eigenvalue weighted by molar-refractivity contribution is -0.120. The molecule has 1 N–H and O–H groups in total. The Morgan fingerprint density at radius 2 is 2.10 bits per heavy atom. The number of ether oxygens (including phenoxy) is 1. The molecule has 2 unspecified atom stereocenters. The summed E-state index contributed by atoms with van der Waals surface area (Å²) in [6, 6.07) is 9.58. The predicted molar refractivity (Wildman–Crippen MR) is 106 cm³/mol. The number of nitrogens with zero attached hydrogens (tertiary/aromatic N) is 4. The molecule has 156 valence electrons. The molecule has 7 nitrogen and oxygen atoms in total. The maximum Gasteiger partial charge on any atom is 0.387 e. The van der Waals surface area contributed by atoms with Gasteiger partial charge in [-0.25, -0.2) is 0 Å². The molecule has 1 aromatic carbocycles. The molecule has 0 aliphatic carbocycles. The Morgan fingerprint density at radius 3 is 2.76 bits per heavy atom. The van der Waals surface area contributed by atoms with Crippen molar-refractivity contribution in [2.24, 2.45) is 0 Å². The highest BCUT2D eigenvalue weighted by molar-refractivity contribution is 5.94. The standard InChI is InChI=1S/C20H25F2N5O2/c1-14(19(28)24-15-7-9-17(10-8-15)29-20(21)22)26(2)13-16-5-4-12-27(16)18-6-3-11-23-25-18/h3,6-11,14,16,20H,4-5,12-13H2,1-2H3,(H,24,28). The Bertz CT molecular complexity index is 791. The van der Waals surface area contributed by atoms with Crippen molar-refractivity contribution >= 4 is 17.4 Å². The van der Waals surface area contributed by atoms with Gasteiger partial charge in [-0.15, -0.1) is 5.10 Å². The molecule has 3 rings (SSSR count). The van der Waals surface area contributed by atoms with E-state index in [-0.39, 0.29) is 23.7 Å². The molecule has 9 heteroatoms. The summed E-state index contributed by atoms with van der Waals surface area (Å²) in [6.45, 7) is 0.601. The molecule has 0 bridgehead atoms. The number of hydrogen-bond donors (Lipinski definition) is 1. The second kappa shape index (κ2) is 9.60. The number of nitrogens with one attached hydrogen (secondary N) is 1. The van der Waals surface area contributed by atoms with E-state index in [9.17, 15) is 13.6 Å². The Morgan fingerprint density at radius 1 is 1.34 bits per heavy atom. The summed E-state index contributed by atoms with van der Waals surface area (Å²) >= 11 is 0. The van der Waals surface area contributed by atoms with Crippen LogP contribution in [0.25, 0.3) is 0 Å². The van der Waals surface area contributed by atoms with Crippen LogP contribution in [0, 0.1) is 0 Å². The van der Waals surface area contributed by atoms with E-state index in [2.05, 4.69) is 25.2 Å². The normalized spacial score (nSPS) is 17.6. The average Bonchev–Trinajstić information content (AvgIpc) is 3.17. The minimum atomic E-state index is -2.87. The van der Waals surface area contributed by atoms with Crippen LogP contribution < -0.4 is 15.0 Å². The molecule has 1 fully saturated rings. The number of carbonyl (C=O) groups excluding carboxylic acids is 1. The maximum absolute atomic E-state index is 12.6. The lowest BCUT2D eigenvalue weighted by Crippen LogP contribution is -2.46. The molecule has 1 aliphatic rings. The van der Waals surface area contributed by atoms with Gasteiger partial charge < -0.3 is 15.0 Å². The minimum Gasteiger partial charge on any atom is -0.435 e. The fourth-order valence-corrected chi connectivity index (χ4v) is 3.43. The molecule has 2 atom stereocenters. The van der Waals surface area contributed by atoms with Gasteiger partial charge in [-0.3, -0.25) is 9.69 Å². The largest absolute Gasteiger partial charge is 0.435 e. The van der Waals surface area contributed by atoms with Gasteiger partial charge >= 0.3 is 6.61 Å². The van der Waals surface area contributed by atoms with E-state index >= 15 is 0 Å². The number of rotatable bonds is 8. The van der Waals surface area contributed by atoms with Crippen molar-refractivity contribution in [2.45, 2.75) is 38.5 Å². The van der Waals surface area contributed by atoms with E-state index in [0.29, 0.717) is 12.2 Å². The maximum atomic E-state index is 12.6. The second-order valence-electron chi connectivity index (χ2n) is 7.08. The molecule has 0 radical (unpaired) electrons. The molecular weight excluding hydrogens is 380 g/mol. The summed E-state index contributed by atoms with van der Waals surface area (Å²) in [6.07, 6.45) is 3.75. The Labute approximate surface area is 168 Å². The van der Waals surface area contributed by atoms with Crippen LogP contribution in [-0.2, 0) is 4.79 Å². The van der Waals surface area contributed by atoms with E-state index in [0.717, 1.165) is 25.2 Å². The van der Waals surface area contributed by atoms with Crippen molar-refractivity contribution < 1.29 is 18.3 Å². The van der Waals surface area contributed by atoms with E-state index in [1.807, 2.05) is 31.0 Å². The minimum absolute atomic E-state index is 0.0495. The first-order chi connectivity index (χ1) is 13.9. The van der Waals surface area contributed by atoms with Gasteiger partial charge in [0.25, 0.3) is 0 Å². The van der Waals surface area contributed by atoms with E-state index in [1.54, 1.807) is 6.20 Å². The topological polar surface area (TPSA) is 70.6 Å². The summed E-state index contributed by atoms with van der Waals surface area (Å²) in [5.41, 5.74) is 0.527. The Kier molecular flexibility index (Phi) is 6.92. The summed E-state index contributed by atoms with van der Waals surface area (Å²) in [5, 5.41) is 11.0. The number of alkyl halides is 2. The highest BCUT2D eigenvalue weighted by atomic mass is 19.3. The smallest absolute Gasteiger partial charge is 0.387 e. The molecule has 2 heterocycles. The molecule has 2 aromatic rings. The number of hydrogen-bond acceptors (Lipinski definition) is 6. The third-order valence-electron chi connectivity index (χ3n) is 5.12. The molecular formula is C20H25F2N5O2. The third kappa shape index (κ3) is 5.60. The number of amides is 1. The quantitative estimate of drug-likeness (QED) is 0.728. The summed E-state index contributed by atoms with van der Waals surface area (Å²) < 4.78 is 28.8. The van der Waals surface area contributed by atoms with Crippen LogP contribution in [0.2, 0.25) is 0 Å². The lowest BCUT2D eigenvalue weighted by Gasteiger charge is -2.31. The van der Waals surface area contributed by atoms with Crippen molar-refractivity contribution in [3.8, 4) is 5.75 Å². The van der Waals surface area contributed by atoms with Crippen molar-refractivity contribution in [1.82, 2.24) is 15.1 Å². The Hall–Kier alpha value is -2.81.